The predicted octanol–water partition coefficient (Wildman–Crippen LogP) is 1.24. The summed E-state index contributed by atoms with van der Waals surface area (Å²) in [6.07, 6.45) is 6.18. The lowest BCUT2D eigenvalue weighted by Gasteiger charge is -1.99. The fraction of sp³-hybridized carbons (Fsp3) is 0.333. The van der Waals surface area contributed by atoms with Gasteiger partial charge in [-0.15, -0.1) is 0 Å². The van der Waals surface area contributed by atoms with Gasteiger partial charge >= 0.3 is 11.9 Å². The number of hydrogen-bond donors (Lipinski definition) is 1. The highest BCUT2D eigenvalue weighted by atomic mass is 16.5. The molecule has 0 unspecified atom stereocenters. The van der Waals surface area contributed by atoms with Gasteiger partial charge in [-0.05, 0) is 18.9 Å². The molecule has 0 aromatic heterocycles. The van der Waals surface area contributed by atoms with E-state index in [1.165, 1.54) is 0 Å². The first-order valence-electron chi connectivity index (χ1n) is 4.00. The molecule has 0 bridgehead atoms. The van der Waals surface area contributed by atoms with Gasteiger partial charge in [-0.3, -0.25) is 0 Å². The number of carboxylic acid groups (broad SMARTS) is 1. The summed E-state index contributed by atoms with van der Waals surface area (Å²) >= 11 is 0. The van der Waals surface area contributed by atoms with Gasteiger partial charge in [0.15, 0.2) is 0 Å². The van der Waals surface area contributed by atoms with Crippen LogP contribution in [-0.2, 0) is 14.3 Å². The molecule has 0 spiro atoms. The molecule has 0 heterocycles. The number of hydrogen-bond acceptors (Lipinski definition) is 3. The minimum absolute atomic E-state index is 0.629. The average Bonchev–Trinajstić information content (AvgIpc) is 2.53. The fourth-order valence-corrected chi connectivity index (χ4v) is 1.04. The number of carbonyl (C=O) groups is 2. The number of carbonyl (C=O) groups excluding carboxylic acids is 1. The summed E-state index contributed by atoms with van der Waals surface area (Å²) in [6, 6.07) is 0. The van der Waals surface area contributed by atoms with E-state index in [2.05, 4.69) is 0 Å². The van der Waals surface area contributed by atoms with Gasteiger partial charge in [0.1, 0.15) is 5.76 Å². The van der Waals surface area contributed by atoms with Crippen LogP contribution in [0, 0.1) is 0 Å². The van der Waals surface area contributed by atoms with Crippen LogP contribution in [0.1, 0.15) is 19.3 Å². The number of rotatable bonds is 3. The molecule has 70 valence electrons. The quantitative estimate of drug-likeness (QED) is 0.526. The molecule has 0 atom stereocenters. The van der Waals surface area contributed by atoms with E-state index in [9.17, 15) is 9.59 Å². The van der Waals surface area contributed by atoms with Crippen LogP contribution >= 0.6 is 0 Å². The third-order valence-electron chi connectivity index (χ3n) is 1.59. The highest BCUT2D eigenvalue weighted by molar-refractivity contribution is 5.91. The van der Waals surface area contributed by atoms with Crippen molar-refractivity contribution >= 4 is 11.9 Å². The molecule has 0 aromatic rings. The number of allylic oxidation sites excluding steroid dienone is 2. The van der Waals surface area contributed by atoms with Gasteiger partial charge in [-0.2, -0.15) is 0 Å². The monoisotopic (exact) mass is 182 g/mol. The van der Waals surface area contributed by atoms with Crippen molar-refractivity contribution < 1.29 is 19.4 Å². The zero-order chi connectivity index (χ0) is 9.68. The van der Waals surface area contributed by atoms with Crippen LogP contribution in [0.5, 0.6) is 0 Å². The van der Waals surface area contributed by atoms with Gasteiger partial charge in [0.25, 0.3) is 0 Å². The molecule has 4 nitrogen and oxygen atoms in total. The molecule has 0 radical (unpaired) electrons. The summed E-state index contributed by atoms with van der Waals surface area (Å²) in [6.45, 7) is 0. The summed E-state index contributed by atoms with van der Waals surface area (Å²) in [5.41, 5.74) is 0. The molecule has 4 heteroatoms. The molecule has 0 saturated heterocycles. The maximum absolute atomic E-state index is 10.9. The smallest absolute Gasteiger partial charge is 0.336 e. The minimum atomic E-state index is -1.16. The maximum Gasteiger partial charge on any atom is 0.336 e. The van der Waals surface area contributed by atoms with E-state index in [-0.39, 0.29) is 0 Å². The molecule has 0 fully saturated rings. The van der Waals surface area contributed by atoms with Gasteiger partial charge in [0.2, 0.25) is 0 Å². The Balaban J connectivity index is 2.36. The zero-order valence-electron chi connectivity index (χ0n) is 7.03. The minimum Gasteiger partial charge on any atom is -0.478 e. The van der Waals surface area contributed by atoms with Crippen LogP contribution in [0.3, 0.4) is 0 Å². The van der Waals surface area contributed by atoms with Gasteiger partial charge in [0, 0.05) is 18.6 Å². The van der Waals surface area contributed by atoms with Crippen LogP contribution in [0.2, 0.25) is 0 Å². The van der Waals surface area contributed by atoms with Crippen molar-refractivity contribution in [2.75, 3.05) is 0 Å². The Kier molecular flexibility index (Phi) is 3.25. The summed E-state index contributed by atoms with van der Waals surface area (Å²) in [5.74, 6) is -1.15. The van der Waals surface area contributed by atoms with Crippen molar-refractivity contribution in [3.05, 3.63) is 24.0 Å². The first-order valence-corrected chi connectivity index (χ1v) is 4.00. The van der Waals surface area contributed by atoms with Crippen LogP contribution in [0.4, 0.5) is 0 Å². The average molecular weight is 182 g/mol. The van der Waals surface area contributed by atoms with E-state index in [0.29, 0.717) is 5.76 Å². The Morgan fingerprint density at radius 3 is 2.77 bits per heavy atom. The molecule has 1 N–H and O–H groups in total. The molecule has 1 aliphatic rings. The number of aliphatic carboxylic acids is 1. The van der Waals surface area contributed by atoms with Crippen molar-refractivity contribution in [2.45, 2.75) is 19.3 Å². The second-order valence-electron chi connectivity index (χ2n) is 2.66. The van der Waals surface area contributed by atoms with E-state index in [4.69, 9.17) is 9.84 Å². The first-order chi connectivity index (χ1) is 6.18. The Morgan fingerprint density at radius 1 is 1.46 bits per heavy atom. The van der Waals surface area contributed by atoms with Crippen LogP contribution in [0.25, 0.3) is 0 Å². The Morgan fingerprint density at radius 2 is 2.23 bits per heavy atom. The van der Waals surface area contributed by atoms with Gasteiger partial charge < -0.3 is 9.84 Å². The molecule has 13 heavy (non-hydrogen) atoms. The van der Waals surface area contributed by atoms with E-state index in [1.54, 1.807) is 0 Å². The molecule has 1 rings (SSSR count). The molecule has 0 saturated carbocycles. The van der Waals surface area contributed by atoms with E-state index in [0.717, 1.165) is 31.4 Å². The standard InChI is InChI=1S/C9H10O4/c10-8(11)5-6-9(12)13-7-3-1-2-4-7/h3,5-6H,1-2,4H2,(H,10,11). The van der Waals surface area contributed by atoms with Gasteiger partial charge in [-0.25, -0.2) is 9.59 Å². The predicted molar refractivity (Wildman–Crippen MR) is 44.8 cm³/mol. The highest BCUT2D eigenvalue weighted by Gasteiger charge is 2.08. The van der Waals surface area contributed by atoms with E-state index < -0.39 is 11.9 Å². The Labute approximate surface area is 75.5 Å². The van der Waals surface area contributed by atoms with Crippen molar-refractivity contribution in [1.29, 1.82) is 0 Å². The molecule has 0 aromatic carbocycles. The molecule has 0 aliphatic heterocycles. The second-order valence-corrected chi connectivity index (χ2v) is 2.66. The van der Waals surface area contributed by atoms with E-state index >= 15 is 0 Å². The van der Waals surface area contributed by atoms with Crippen LogP contribution in [-0.4, -0.2) is 17.0 Å². The largest absolute Gasteiger partial charge is 0.478 e. The summed E-state index contributed by atoms with van der Waals surface area (Å²) in [4.78, 5) is 20.9. The van der Waals surface area contributed by atoms with Crippen molar-refractivity contribution in [3.8, 4) is 0 Å². The van der Waals surface area contributed by atoms with Gasteiger partial charge in [0.05, 0.1) is 0 Å². The molecule has 0 amide bonds. The van der Waals surface area contributed by atoms with Crippen molar-refractivity contribution in [3.63, 3.8) is 0 Å². The van der Waals surface area contributed by atoms with Gasteiger partial charge in [-0.1, -0.05) is 0 Å². The maximum atomic E-state index is 10.9. The number of esters is 1. The normalized spacial score (nSPS) is 15.8. The topological polar surface area (TPSA) is 63.6 Å². The fourth-order valence-electron chi connectivity index (χ4n) is 1.04. The Bertz CT molecular complexity index is 275. The van der Waals surface area contributed by atoms with E-state index in [1.807, 2.05) is 6.08 Å². The van der Waals surface area contributed by atoms with Crippen molar-refractivity contribution in [1.82, 2.24) is 0 Å². The molecule has 1 aliphatic carbocycles. The third kappa shape index (κ3) is 3.55. The second kappa shape index (κ2) is 4.45. The van der Waals surface area contributed by atoms with Crippen molar-refractivity contribution in [2.24, 2.45) is 0 Å². The number of ether oxygens (including phenoxy) is 1. The molecular formula is C9H10O4. The van der Waals surface area contributed by atoms with Crippen LogP contribution in [0.15, 0.2) is 24.0 Å². The zero-order valence-corrected chi connectivity index (χ0v) is 7.03. The summed E-state index contributed by atoms with van der Waals surface area (Å²) in [7, 11) is 0. The SMILES string of the molecule is O=C(O)C=CC(=O)OC1=CCCC1. The first kappa shape index (κ1) is 9.51. The third-order valence-corrected chi connectivity index (χ3v) is 1.59. The summed E-state index contributed by atoms with van der Waals surface area (Å²) < 4.78 is 4.83. The van der Waals surface area contributed by atoms with Crippen LogP contribution < -0.4 is 0 Å². The number of carboxylic acids is 1. The lowest BCUT2D eigenvalue weighted by molar-refractivity contribution is -0.135. The highest BCUT2D eigenvalue weighted by Crippen LogP contribution is 2.18. The molecular weight excluding hydrogens is 172 g/mol. The lowest BCUT2D eigenvalue weighted by atomic mass is 10.4. The Hall–Kier alpha value is -1.58. The summed E-state index contributed by atoms with van der Waals surface area (Å²) in [5, 5.41) is 8.21. The lowest BCUT2D eigenvalue weighted by Crippen LogP contribution is -2.00.